The molecule has 1 amide bonds. The predicted octanol–water partition coefficient (Wildman–Crippen LogP) is 4.61. The van der Waals surface area contributed by atoms with Crippen LogP contribution in [-0.4, -0.2) is 14.8 Å². The summed E-state index contributed by atoms with van der Waals surface area (Å²) in [5.41, 5.74) is 1.24. The normalized spacial score (nSPS) is 10.6. The van der Waals surface area contributed by atoms with Gasteiger partial charge in [-0.25, -0.2) is 4.79 Å². The molecule has 2 aromatic carbocycles. The molecule has 1 heterocycles. The highest BCUT2D eigenvalue weighted by Crippen LogP contribution is 2.35. The maximum absolute atomic E-state index is 11.9. The van der Waals surface area contributed by atoms with Gasteiger partial charge in [-0.05, 0) is 18.2 Å². The number of nitrogens with one attached hydrogen (secondary N) is 1. The maximum atomic E-state index is 11.9. The molecular weight excluding hydrogens is 333 g/mol. The molecule has 0 spiro atoms. The summed E-state index contributed by atoms with van der Waals surface area (Å²) < 4.78 is 13.3. The second kappa shape index (κ2) is 5.85. The van der Waals surface area contributed by atoms with Gasteiger partial charge in [0.05, 0.1) is 27.5 Å². The van der Waals surface area contributed by atoms with Crippen LogP contribution in [0.2, 0.25) is 10.0 Å². The van der Waals surface area contributed by atoms with Gasteiger partial charge in [0.2, 0.25) is 0 Å². The lowest BCUT2D eigenvalue weighted by atomic mass is 10.2. The van der Waals surface area contributed by atoms with Crippen LogP contribution in [-0.2, 0) is 0 Å². The van der Waals surface area contributed by atoms with E-state index >= 15 is 0 Å². The van der Waals surface area contributed by atoms with Gasteiger partial charge >= 0.3 is 6.09 Å². The molecule has 106 valence electrons. The zero-order chi connectivity index (χ0) is 14.8. The van der Waals surface area contributed by atoms with Crippen molar-refractivity contribution >= 4 is 57.7 Å². The lowest BCUT2D eigenvalue weighted by molar-refractivity contribution is 0.215. The third-order valence-corrected chi connectivity index (χ3v) is 3.74. The van der Waals surface area contributed by atoms with Crippen molar-refractivity contribution in [3.63, 3.8) is 0 Å². The van der Waals surface area contributed by atoms with Crippen LogP contribution < -0.4 is 10.1 Å². The first-order chi connectivity index (χ1) is 10.1. The van der Waals surface area contributed by atoms with Gasteiger partial charge in [-0.2, -0.15) is 8.75 Å². The van der Waals surface area contributed by atoms with Crippen LogP contribution in [0.5, 0.6) is 5.75 Å². The van der Waals surface area contributed by atoms with Gasteiger partial charge in [0, 0.05) is 0 Å². The van der Waals surface area contributed by atoms with Crippen LogP contribution in [0.25, 0.3) is 11.0 Å². The average molecular weight is 340 g/mol. The molecular formula is C13H7Cl2N3O2S. The van der Waals surface area contributed by atoms with E-state index in [1.807, 2.05) is 6.07 Å². The minimum atomic E-state index is -0.667. The summed E-state index contributed by atoms with van der Waals surface area (Å²) in [5, 5.41) is 3.22. The average Bonchev–Trinajstić information content (AvgIpc) is 2.94. The zero-order valence-corrected chi connectivity index (χ0v) is 12.7. The Morgan fingerprint density at radius 2 is 1.81 bits per heavy atom. The maximum Gasteiger partial charge on any atom is 0.417 e. The van der Waals surface area contributed by atoms with Crippen LogP contribution in [0, 0.1) is 0 Å². The molecule has 0 aliphatic rings. The van der Waals surface area contributed by atoms with Crippen LogP contribution in [0.3, 0.4) is 0 Å². The number of halogens is 2. The Morgan fingerprint density at radius 3 is 2.57 bits per heavy atom. The first-order valence-electron chi connectivity index (χ1n) is 5.79. The van der Waals surface area contributed by atoms with Gasteiger partial charge in [0.25, 0.3) is 0 Å². The van der Waals surface area contributed by atoms with Gasteiger partial charge in [-0.15, -0.1) is 0 Å². The van der Waals surface area contributed by atoms with E-state index in [0.717, 1.165) is 11.7 Å². The fourth-order valence-electron chi connectivity index (χ4n) is 1.72. The van der Waals surface area contributed by atoms with E-state index in [0.29, 0.717) is 27.5 Å². The number of fused-ring (bicyclic) bond motifs is 1. The molecule has 0 aliphatic carbocycles. The molecule has 21 heavy (non-hydrogen) atoms. The van der Waals surface area contributed by atoms with Crippen LogP contribution in [0.15, 0.2) is 36.4 Å². The number of hydrogen-bond donors (Lipinski definition) is 1. The molecule has 0 saturated carbocycles. The second-order valence-electron chi connectivity index (χ2n) is 4.00. The van der Waals surface area contributed by atoms with Crippen LogP contribution in [0.4, 0.5) is 10.5 Å². The van der Waals surface area contributed by atoms with E-state index in [1.54, 1.807) is 24.3 Å². The number of amides is 1. The predicted molar refractivity (Wildman–Crippen MR) is 83.5 cm³/mol. The number of carbonyl (C=O) groups excluding carboxylic acids is 1. The molecule has 0 fully saturated rings. The van der Waals surface area contributed by atoms with Crippen molar-refractivity contribution in [2.75, 3.05) is 5.32 Å². The summed E-state index contributed by atoms with van der Waals surface area (Å²) in [6, 6.07) is 10.2. The molecule has 1 N–H and O–H groups in total. The third kappa shape index (κ3) is 2.92. The van der Waals surface area contributed by atoms with Gasteiger partial charge in [0.1, 0.15) is 16.8 Å². The Labute approximate surface area is 133 Å². The number of nitrogens with zero attached hydrogens (tertiary/aromatic N) is 2. The van der Waals surface area contributed by atoms with Crippen molar-refractivity contribution < 1.29 is 9.53 Å². The summed E-state index contributed by atoms with van der Waals surface area (Å²) in [4.78, 5) is 11.9. The number of rotatable bonds is 2. The highest BCUT2D eigenvalue weighted by molar-refractivity contribution is 7.00. The molecule has 1 aromatic heterocycles. The molecule has 0 radical (unpaired) electrons. The fraction of sp³-hybridized carbons (Fsp3) is 0. The van der Waals surface area contributed by atoms with Gasteiger partial charge in [0.15, 0.2) is 0 Å². The number of benzene rings is 2. The van der Waals surface area contributed by atoms with E-state index < -0.39 is 6.09 Å². The Morgan fingerprint density at radius 1 is 1.10 bits per heavy atom. The van der Waals surface area contributed by atoms with Gasteiger partial charge in [-0.1, -0.05) is 41.4 Å². The minimum absolute atomic E-state index is 0.269. The van der Waals surface area contributed by atoms with Gasteiger partial charge < -0.3 is 4.74 Å². The zero-order valence-electron chi connectivity index (χ0n) is 10.3. The Balaban J connectivity index is 1.88. The largest absolute Gasteiger partial charge is 0.417 e. The van der Waals surface area contributed by atoms with Crippen molar-refractivity contribution in [2.24, 2.45) is 0 Å². The highest BCUT2D eigenvalue weighted by atomic mass is 35.5. The molecule has 0 aliphatic heterocycles. The summed E-state index contributed by atoms with van der Waals surface area (Å²) in [6.45, 7) is 0. The molecule has 0 unspecified atom stereocenters. The van der Waals surface area contributed by atoms with Crippen LogP contribution >= 0.6 is 34.9 Å². The lowest BCUT2D eigenvalue weighted by Crippen LogP contribution is -2.17. The number of para-hydroxylation sites is 1. The first-order valence-corrected chi connectivity index (χ1v) is 7.28. The lowest BCUT2D eigenvalue weighted by Gasteiger charge is -2.09. The topological polar surface area (TPSA) is 64.1 Å². The highest BCUT2D eigenvalue weighted by Gasteiger charge is 2.17. The molecule has 5 nitrogen and oxygen atoms in total. The van der Waals surface area contributed by atoms with Gasteiger partial charge in [-0.3, -0.25) is 5.32 Å². The molecule has 0 atom stereocenters. The molecule has 0 bridgehead atoms. The number of aromatic nitrogens is 2. The summed E-state index contributed by atoms with van der Waals surface area (Å²) in [6.07, 6.45) is -0.667. The summed E-state index contributed by atoms with van der Waals surface area (Å²) in [5.74, 6) is 0.424. The molecule has 3 rings (SSSR count). The fourth-order valence-corrected chi connectivity index (χ4v) is 2.88. The standard InChI is InChI=1S/C13H7Cl2N3O2S/c14-8-6-9(15)11-12(18-21-17-11)10(8)16-13(19)20-7-4-2-1-3-5-7/h1-6H,(H,16,19). The van der Waals surface area contributed by atoms with Crippen molar-refractivity contribution in [2.45, 2.75) is 0 Å². The van der Waals surface area contributed by atoms with Crippen molar-refractivity contribution in [1.82, 2.24) is 8.75 Å². The summed E-state index contributed by atoms with van der Waals surface area (Å²) in [7, 11) is 0. The number of ether oxygens (including phenoxy) is 1. The molecule has 8 heteroatoms. The van der Waals surface area contributed by atoms with Crippen LogP contribution in [0.1, 0.15) is 0 Å². The molecule has 0 saturated heterocycles. The monoisotopic (exact) mass is 339 g/mol. The SMILES string of the molecule is O=C(Nc1c(Cl)cc(Cl)c2nsnc12)Oc1ccccc1. The smallest absolute Gasteiger partial charge is 0.410 e. The Kier molecular flexibility index (Phi) is 3.92. The van der Waals surface area contributed by atoms with E-state index in [1.165, 1.54) is 6.07 Å². The number of carbonyl (C=O) groups is 1. The van der Waals surface area contributed by atoms with Crippen molar-refractivity contribution in [1.29, 1.82) is 0 Å². The number of anilines is 1. The van der Waals surface area contributed by atoms with E-state index in [4.69, 9.17) is 27.9 Å². The first kappa shape index (κ1) is 14.1. The van der Waals surface area contributed by atoms with Crippen molar-refractivity contribution in [3.05, 3.63) is 46.4 Å². The molecule has 3 aromatic rings. The van der Waals surface area contributed by atoms with E-state index in [2.05, 4.69) is 14.1 Å². The number of hydrogen-bond acceptors (Lipinski definition) is 5. The quantitative estimate of drug-likeness (QED) is 0.740. The van der Waals surface area contributed by atoms with E-state index in [-0.39, 0.29) is 5.02 Å². The minimum Gasteiger partial charge on any atom is -0.410 e. The summed E-state index contributed by atoms with van der Waals surface area (Å²) >= 11 is 13.1. The van der Waals surface area contributed by atoms with Crippen molar-refractivity contribution in [3.8, 4) is 5.75 Å². The Bertz CT molecular complexity index is 808. The van der Waals surface area contributed by atoms with E-state index in [9.17, 15) is 4.79 Å². The third-order valence-electron chi connectivity index (χ3n) is 2.62. The second-order valence-corrected chi connectivity index (χ2v) is 5.35. The Hall–Kier alpha value is -1.89.